The van der Waals surface area contributed by atoms with Crippen molar-refractivity contribution in [2.45, 2.75) is 6.92 Å². The molecule has 5 heteroatoms. The van der Waals surface area contributed by atoms with Crippen LogP contribution in [0.1, 0.15) is 6.92 Å². The van der Waals surface area contributed by atoms with Crippen LogP contribution in [0.5, 0.6) is 0 Å². The first-order valence-corrected chi connectivity index (χ1v) is 4.71. The third-order valence-electron chi connectivity index (χ3n) is 1.51. The molecule has 1 aromatic rings. The lowest BCUT2D eigenvalue weighted by Crippen LogP contribution is -2.41. The summed E-state index contributed by atoms with van der Waals surface area (Å²) in [5.74, 6) is -0.109. The Labute approximate surface area is 80.0 Å². The number of carbonyl (C=O) groups is 1. The molecular weight excluding hydrogens is 184 g/mol. The Morgan fingerprint density at radius 3 is 2.54 bits per heavy atom. The van der Waals surface area contributed by atoms with Crippen molar-refractivity contribution in [2.24, 2.45) is 0 Å². The molecule has 70 valence electrons. The first-order chi connectivity index (χ1) is 6.25. The minimum atomic E-state index is -0.109. The van der Waals surface area contributed by atoms with Crippen molar-refractivity contribution < 1.29 is 9.32 Å². The number of benzene rings is 1. The number of hydrazine groups is 1. The molecular formula is C8H12N2O2Si. The molecule has 1 rings (SSSR count). The summed E-state index contributed by atoms with van der Waals surface area (Å²) in [5.41, 5.74) is 3.31. The fourth-order valence-corrected chi connectivity index (χ4v) is 1.15. The molecule has 0 atom stereocenters. The number of para-hydroxylation sites is 1. The van der Waals surface area contributed by atoms with Gasteiger partial charge in [-0.05, 0) is 12.1 Å². The van der Waals surface area contributed by atoms with Crippen molar-refractivity contribution in [3.63, 3.8) is 0 Å². The van der Waals surface area contributed by atoms with E-state index in [-0.39, 0.29) is 5.91 Å². The number of carbonyl (C=O) groups excluding carboxylic acids is 1. The molecule has 13 heavy (non-hydrogen) atoms. The smallest absolute Gasteiger partial charge is 0.240 e. The van der Waals surface area contributed by atoms with Gasteiger partial charge in [0.2, 0.25) is 5.91 Å². The quantitative estimate of drug-likeness (QED) is 0.536. The second-order valence-electron chi connectivity index (χ2n) is 2.49. The van der Waals surface area contributed by atoms with Gasteiger partial charge in [0.25, 0.3) is 0 Å². The highest BCUT2D eigenvalue weighted by molar-refractivity contribution is 5.98. The van der Waals surface area contributed by atoms with Gasteiger partial charge in [-0.15, -0.1) is 5.59 Å². The van der Waals surface area contributed by atoms with Crippen LogP contribution < -0.4 is 10.6 Å². The van der Waals surface area contributed by atoms with Crippen molar-refractivity contribution in [2.75, 3.05) is 5.01 Å². The molecule has 1 aromatic carbocycles. The van der Waals surface area contributed by atoms with E-state index in [1.165, 1.54) is 11.9 Å². The molecule has 0 saturated heterocycles. The van der Waals surface area contributed by atoms with E-state index in [1.807, 2.05) is 30.3 Å². The van der Waals surface area contributed by atoms with E-state index in [2.05, 4.69) is 5.59 Å². The number of amides is 1. The zero-order valence-electron chi connectivity index (χ0n) is 7.65. The zero-order chi connectivity index (χ0) is 9.68. The van der Waals surface area contributed by atoms with Crippen LogP contribution in [0.3, 0.4) is 0 Å². The highest BCUT2D eigenvalue weighted by atomic mass is 28.2. The van der Waals surface area contributed by atoms with Gasteiger partial charge in [0.1, 0.15) is 0 Å². The predicted molar refractivity (Wildman–Crippen MR) is 53.8 cm³/mol. The summed E-state index contributed by atoms with van der Waals surface area (Å²) in [5, 5.41) is 1.35. The number of anilines is 1. The van der Waals surface area contributed by atoms with Crippen LogP contribution in [0.2, 0.25) is 0 Å². The number of rotatable bonds is 3. The SMILES string of the molecule is CC(=O)N(NO[SiH3])c1ccccc1. The predicted octanol–water partition coefficient (Wildman–Crippen LogP) is -0.244. The van der Waals surface area contributed by atoms with Gasteiger partial charge in [-0.1, -0.05) is 18.2 Å². The number of nitrogens with one attached hydrogen (secondary N) is 1. The average Bonchev–Trinajstić information content (AvgIpc) is 2.15. The molecule has 1 amide bonds. The lowest BCUT2D eigenvalue weighted by Gasteiger charge is -2.20. The molecule has 0 spiro atoms. The number of hydrogen-bond acceptors (Lipinski definition) is 3. The van der Waals surface area contributed by atoms with Crippen molar-refractivity contribution in [3.05, 3.63) is 30.3 Å². The maximum atomic E-state index is 11.1. The van der Waals surface area contributed by atoms with Gasteiger partial charge < -0.3 is 4.53 Å². The summed E-state index contributed by atoms with van der Waals surface area (Å²) in [6.07, 6.45) is 0. The minimum absolute atomic E-state index is 0.109. The second kappa shape index (κ2) is 4.76. The molecule has 0 aliphatic rings. The van der Waals surface area contributed by atoms with E-state index < -0.39 is 0 Å². The van der Waals surface area contributed by atoms with E-state index >= 15 is 0 Å². The molecule has 0 aliphatic carbocycles. The van der Waals surface area contributed by atoms with Gasteiger partial charge >= 0.3 is 0 Å². The van der Waals surface area contributed by atoms with Crippen LogP contribution in [0.25, 0.3) is 0 Å². The second-order valence-corrected chi connectivity index (χ2v) is 2.89. The molecule has 0 heterocycles. The Bertz CT molecular complexity index is 279. The Morgan fingerprint density at radius 2 is 2.08 bits per heavy atom. The topological polar surface area (TPSA) is 41.6 Å². The van der Waals surface area contributed by atoms with Gasteiger partial charge in [-0.25, -0.2) is 5.01 Å². The maximum Gasteiger partial charge on any atom is 0.240 e. The normalized spacial score (nSPS) is 9.92. The lowest BCUT2D eigenvalue weighted by molar-refractivity contribution is -0.118. The fourth-order valence-electron chi connectivity index (χ4n) is 0.967. The summed E-state index contributed by atoms with van der Waals surface area (Å²) in [7, 11) is 0.529. The maximum absolute atomic E-state index is 11.1. The standard InChI is InChI=1S/C8H12N2O2Si/c1-7(11)10(9-12-13)8-5-3-2-4-6-8/h2-6,9H,1,13H3. The van der Waals surface area contributed by atoms with E-state index in [0.29, 0.717) is 10.5 Å². The van der Waals surface area contributed by atoms with Crippen molar-refractivity contribution in [1.29, 1.82) is 0 Å². The third kappa shape index (κ3) is 2.65. The summed E-state index contributed by atoms with van der Waals surface area (Å²) in [6.45, 7) is 1.47. The lowest BCUT2D eigenvalue weighted by atomic mass is 10.3. The first kappa shape index (κ1) is 9.91. The fraction of sp³-hybridized carbons (Fsp3) is 0.125. The Morgan fingerprint density at radius 1 is 1.46 bits per heavy atom. The van der Waals surface area contributed by atoms with Crippen LogP contribution in [0.15, 0.2) is 30.3 Å². The number of nitrogens with zero attached hydrogens (tertiary/aromatic N) is 1. The Hall–Kier alpha value is -1.17. The van der Waals surface area contributed by atoms with Crippen LogP contribution in [0, 0.1) is 0 Å². The molecule has 0 bridgehead atoms. The summed E-state index contributed by atoms with van der Waals surface area (Å²) in [4.78, 5) is 11.1. The summed E-state index contributed by atoms with van der Waals surface area (Å²) < 4.78 is 4.81. The molecule has 1 N–H and O–H groups in total. The van der Waals surface area contributed by atoms with E-state index in [0.717, 1.165) is 5.69 Å². The molecule has 0 aromatic heterocycles. The van der Waals surface area contributed by atoms with E-state index in [1.54, 1.807) is 0 Å². The van der Waals surface area contributed by atoms with Crippen LogP contribution in [-0.2, 0) is 9.32 Å². The first-order valence-electron chi connectivity index (χ1n) is 3.90. The van der Waals surface area contributed by atoms with Gasteiger partial charge in [-0.3, -0.25) is 4.79 Å². The molecule has 0 radical (unpaired) electrons. The molecule has 0 aliphatic heterocycles. The summed E-state index contributed by atoms with van der Waals surface area (Å²) >= 11 is 0. The summed E-state index contributed by atoms with van der Waals surface area (Å²) in [6, 6.07) is 9.27. The van der Waals surface area contributed by atoms with Gasteiger partial charge in [0.15, 0.2) is 10.5 Å². The van der Waals surface area contributed by atoms with Crippen LogP contribution in [0.4, 0.5) is 5.69 Å². The van der Waals surface area contributed by atoms with Crippen molar-refractivity contribution in [3.8, 4) is 0 Å². The van der Waals surface area contributed by atoms with Crippen molar-refractivity contribution >= 4 is 22.1 Å². The van der Waals surface area contributed by atoms with E-state index in [4.69, 9.17) is 4.53 Å². The highest BCUT2D eigenvalue weighted by Gasteiger charge is 2.08. The highest BCUT2D eigenvalue weighted by Crippen LogP contribution is 2.10. The van der Waals surface area contributed by atoms with Crippen LogP contribution in [-0.4, -0.2) is 16.4 Å². The monoisotopic (exact) mass is 196 g/mol. The molecule has 0 unspecified atom stereocenters. The number of hydrogen-bond donors (Lipinski definition) is 1. The van der Waals surface area contributed by atoms with Gasteiger partial charge in [0, 0.05) is 6.92 Å². The average molecular weight is 196 g/mol. The molecule has 4 nitrogen and oxygen atoms in total. The zero-order valence-corrected chi connectivity index (χ0v) is 9.65. The van der Waals surface area contributed by atoms with Crippen molar-refractivity contribution in [1.82, 2.24) is 5.59 Å². The Balaban J connectivity index is 2.82. The largest absolute Gasteiger partial charge is 0.339 e. The molecule has 0 saturated carbocycles. The minimum Gasteiger partial charge on any atom is -0.339 e. The third-order valence-corrected chi connectivity index (χ3v) is 1.69. The van der Waals surface area contributed by atoms with Gasteiger partial charge in [-0.2, -0.15) is 0 Å². The Kier molecular flexibility index (Phi) is 3.63. The molecule has 0 fully saturated rings. The van der Waals surface area contributed by atoms with Gasteiger partial charge in [0.05, 0.1) is 5.69 Å². The van der Waals surface area contributed by atoms with Crippen LogP contribution >= 0.6 is 0 Å². The van der Waals surface area contributed by atoms with E-state index in [9.17, 15) is 4.79 Å².